The fourth-order valence-corrected chi connectivity index (χ4v) is 3.38. The van der Waals surface area contributed by atoms with Crippen molar-refractivity contribution in [2.75, 3.05) is 6.54 Å². The molecule has 0 spiro atoms. The minimum absolute atomic E-state index is 0.0342. The predicted octanol–water partition coefficient (Wildman–Crippen LogP) is 2.34. The number of rotatable bonds is 6. The summed E-state index contributed by atoms with van der Waals surface area (Å²) in [7, 11) is 0. The highest BCUT2D eigenvalue weighted by atomic mass is 16.4. The van der Waals surface area contributed by atoms with Crippen LogP contribution in [0.25, 0.3) is 0 Å². The molecule has 126 valence electrons. The molecule has 1 aliphatic heterocycles. The molecule has 1 saturated heterocycles. The fourth-order valence-electron chi connectivity index (χ4n) is 3.38. The van der Waals surface area contributed by atoms with Gasteiger partial charge in [0.25, 0.3) is 0 Å². The van der Waals surface area contributed by atoms with Gasteiger partial charge < -0.3 is 14.6 Å². The fraction of sp³-hybridized carbons (Fsp3) is 0.389. The molecule has 0 aliphatic carbocycles. The SMILES string of the molecule is O=C(O)[C@@H]1CCC(=O)N(CCCn2ccnc2)[C@@H]1c1ccccc1. The summed E-state index contributed by atoms with van der Waals surface area (Å²) in [6, 6.07) is 9.08. The normalized spacial score (nSPS) is 21.0. The Hall–Kier alpha value is -2.63. The van der Waals surface area contributed by atoms with Crippen molar-refractivity contribution in [1.29, 1.82) is 0 Å². The second kappa shape index (κ2) is 7.29. The Bertz CT molecular complexity index is 685. The Balaban J connectivity index is 1.78. The molecule has 1 amide bonds. The van der Waals surface area contributed by atoms with Crippen LogP contribution in [0.1, 0.15) is 30.9 Å². The lowest BCUT2D eigenvalue weighted by Gasteiger charge is -2.40. The number of imidazole rings is 1. The largest absolute Gasteiger partial charge is 0.481 e. The minimum Gasteiger partial charge on any atom is -0.481 e. The van der Waals surface area contributed by atoms with Gasteiger partial charge in [-0.05, 0) is 18.4 Å². The van der Waals surface area contributed by atoms with E-state index in [9.17, 15) is 14.7 Å². The highest BCUT2D eigenvalue weighted by molar-refractivity contribution is 5.81. The van der Waals surface area contributed by atoms with Crippen LogP contribution in [0.15, 0.2) is 49.1 Å². The van der Waals surface area contributed by atoms with Crippen molar-refractivity contribution in [3.05, 3.63) is 54.6 Å². The summed E-state index contributed by atoms with van der Waals surface area (Å²) in [5, 5.41) is 9.60. The van der Waals surface area contributed by atoms with E-state index in [1.54, 1.807) is 17.4 Å². The smallest absolute Gasteiger partial charge is 0.308 e. The summed E-state index contributed by atoms with van der Waals surface area (Å²) < 4.78 is 1.96. The molecule has 6 heteroatoms. The average molecular weight is 327 g/mol. The predicted molar refractivity (Wildman–Crippen MR) is 88.1 cm³/mol. The van der Waals surface area contributed by atoms with Gasteiger partial charge in [0.1, 0.15) is 0 Å². The van der Waals surface area contributed by atoms with Crippen molar-refractivity contribution in [3.63, 3.8) is 0 Å². The maximum atomic E-state index is 12.5. The van der Waals surface area contributed by atoms with Gasteiger partial charge in [-0.2, -0.15) is 0 Å². The second-order valence-electron chi connectivity index (χ2n) is 6.08. The number of nitrogens with zero attached hydrogens (tertiary/aromatic N) is 3. The molecule has 0 unspecified atom stereocenters. The van der Waals surface area contributed by atoms with E-state index in [0.717, 1.165) is 18.5 Å². The highest BCUT2D eigenvalue weighted by Crippen LogP contribution is 2.36. The average Bonchev–Trinajstić information content (AvgIpc) is 3.10. The third-order valence-corrected chi connectivity index (χ3v) is 4.54. The summed E-state index contributed by atoms with van der Waals surface area (Å²) in [5.74, 6) is -1.36. The number of aliphatic carboxylic acids is 1. The first-order valence-electron chi connectivity index (χ1n) is 8.20. The Labute approximate surface area is 140 Å². The number of hydrogen-bond acceptors (Lipinski definition) is 3. The number of aryl methyl sites for hydroxylation is 1. The second-order valence-corrected chi connectivity index (χ2v) is 6.08. The van der Waals surface area contributed by atoms with E-state index in [1.807, 2.05) is 41.1 Å². The van der Waals surface area contributed by atoms with E-state index >= 15 is 0 Å². The van der Waals surface area contributed by atoms with Gasteiger partial charge in [-0.25, -0.2) is 4.98 Å². The van der Waals surface area contributed by atoms with Crippen LogP contribution in [0.4, 0.5) is 0 Å². The van der Waals surface area contributed by atoms with Gasteiger partial charge in [0.15, 0.2) is 0 Å². The topological polar surface area (TPSA) is 75.4 Å². The summed E-state index contributed by atoms with van der Waals surface area (Å²) in [6.07, 6.45) is 6.80. The van der Waals surface area contributed by atoms with Gasteiger partial charge in [-0.15, -0.1) is 0 Å². The molecular formula is C18H21N3O3. The Kier molecular flexibility index (Phi) is 4.93. The zero-order valence-electron chi connectivity index (χ0n) is 13.4. The molecule has 6 nitrogen and oxygen atoms in total. The lowest BCUT2D eigenvalue weighted by atomic mass is 9.84. The molecule has 2 atom stereocenters. The standard InChI is InChI=1S/C18H21N3O3/c22-16-8-7-15(18(23)24)17(14-5-2-1-3-6-14)21(16)11-4-10-20-12-9-19-13-20/h1-3,5-6,9,12-13,15,17H,4,7-8,10-11H2,(H,23,24)/t15-,17-/m1/s1. The van der Waals surface area contributed by atoms with Crippen molar-refractivity contribution < 1.29 is 14.7 Å². The van der Waals surface area contributed by atoms with Crippen LogP contribution < -0.4 is 0 Å². The minimum atomic E-state index is -0.837. The first-order valence-corrected chi connectivity index (χ1v) is 8.20. The molecular weight excluding hydrogens is 306 g/mol. The van der Waals surface area contributed by atoms with Gasteiger partial charge in [0.2, 0.25) is 5.91 Å². The van der Waals surface area contributed by atoms with Gasteiger partial charge in [0, 0.05) is 31.9 Å². The third-order valence-electron chi connectivity index (χ3n) is 4.54. The molecule has 1 aliphatic rings. The highest BCUT2D eigenvalue weighted by Gasteiger charge is 2.40. The quantitative estimate of drug-likeness (QED) is 0.883. The van der Waals surface area contributed by atoms with Gasteiger partial charge in [-0.3, -0.25) is 9.59 Å². The number of carboxylic acid groups (broad SMARTS) is 1. The van der Waals surface area contributed by atoms with Gasteiger partial charge in [-0.1, -0.05) is 30.3 Å². The molecule has 2 aromatic rings. The number of aromatic nitrogens is 2. The third kappa shape index (κ3) is 3.48. The van der Waals surface area contributed by atoms with Crippen LogP contribution in [0.3, 0.4) is 0 Å². The van der Waals surface area contributed by atoms with Crippen LogP contribution in [-0.2, 0) is 16.1 Å². The number of carboxylic acids is 1. The zero-order valence-corrected chi connectivity index (χ0v) is 13.4. The lowest BCUT2D eigenvalue weighted by molar-refractivity contribution is -0.152. The van der Waals surface area contributed by atoms with E-state index in [-0.39, 0.29) is 5.91 Å². The number of carbonyl (C=O) groups is 2. The summed E-state index contributed by atoms with van der Waals surface area (Å²) in [4.78, 5) is 29.9. The molecule has 24 heavy (non-hydrogen) atoms. The molecule has 1 aromatic heterocycles. The maximum absolute atomic E-state index is 12.5. The number of carbonyl (C=O) groups excluding carboxylic acids is 1. The first-order chi connectivity index (χ1) is 11.7. The molecule has 1 aromatic carbocycles. The number of piperidine rings is 1. The van der Waals surface area contributed by atoms with E-state index in [1.165, 1.54) is 0 Å². The number of hydrogen-bond donors (Lipinski definition) is 1. The molecule has 1 fully saturated rings. The van der Waals surface area contributed by atoms with Gasteiger partial charge >= 0.3 is 5.97 Å². The van der Waals surface area contributed by atoms with Crippen LogP contribution in [0.5, 0.6) is 0 Å². The molecule has 0 bridgehead atoms. The summed E-state index contributed by atoms with van der Waals surface area (Å²) in [6.45, 7) is 1.30. The molecule has 3 rings (SSSR count). The van der Waals surface area contributed by atoms with E-state index < -0.39 is 17.9 Å². The maximum Gasteiger partial charge on any atom is 0.308 e. The summed E-state index contributed by atoms with van der Waals surface area (Å²) in [5.41, 5.74) is 0.889. The van der Waals surface area contributed by atoms with Crippen LogP contribution in [0, 0.1) is 5.92 Å². The lowest BCUT2D eigenvalue weighted by Crippen LogP contribution is -2.45. The first kappa shape index (κ1) is 16.2. The molecule has 0 saturated carbocycles. The van der Waals surface area contributed by atoms with Crippen LogP contribution in [-0.4, -0.2) is 38.0 Å². The van der Waals surface area contributed by atoms with Crippen molar-refractivity contribution in [3.8, 4) is 0 Å². The van der Waals surface area contributed by atoms with E-state index in [0.29, 0.717) is 19.4 Å². The van der Waals surface area contributed by atoms with Crippen molar-refractivity contribution in [1.82, 2.24) is 14.5 Å². The molecule has 0 radical (unpaired) electrons. The van der Waals surface area contributed by atoms with Crippen molar-refractivity contribution in [2.24, 2.45) is 5.92 Å². The van der Waals surface area contributed by atoms with E-state index in [2.05, 4.69) is 4.98 Å². The van der Waals surface area contributed by atoms with Crippen molar-refractivity contribution in [2.45, 2.75) is 31.8 Å². The monoisotopic (exact) mass is 327 g/mol. The van der Waals surface area contributed by atoms with E-state index in [4.69, 9.17) is 0 Å². The van der Waals surface area contributed by atoms with Gasteiger partial charge in [0.05, 0.1) is 18.3 Å². The zero-order chi connectivity index (χ0) is 16.9. The van der Waals surface area contributed by atoms with Crippen LogP contribution >= 0.6 is 0 Å². The number of benzene rings is 1. The molecule has 2 heterocycles. The number of likely N-dealkylation sites (tertiary alicyclic amines) is 1. The molecule has 1 N–H and O–H groups in total. The summed E-state index contributed by atoms with van der Waals surface area (Å²) >= 11 is 0. The Morgan fingerprint density at radius 3 is 2.71 bits per heavy atom. The Morgan fingerprint density at radius 2 is 2.04 bits per heavy atom. The van der Waals surface area contributed by atoms with Crippen LogP contribution in [0.2, 0.25) is 0 Å². The van der Waals surface area contributed by atoms with Crippen molar-refractivity contribution >= 4 is 11.9 Å². The Morgan fingerprint density at radius 1 is 1.25 bits per heavy atom. The number of amides is 1.